The number of ether oxygens (including phenoxy) is 2. The summed E-state index contributed by atoms with van der Waals surface area (Å²) >= 11 is 5.81. The van der Waals surface area contributed by atoms with E-state index in [9.17, 15) is 13.2 Å². The van der Waals surface area contributed by atoms with Crippen molar-refractivity contribution in [2.45, 2.75) is 18.7 Å². The second-order valence-electron chi connectivity index (χ2n) is 4.41. The van der Waals surface area contributed by atoms with Gasteiger partial charge in [-0.15, -0.1) is 0 Å². The summed E-state index contributed by atoms with van der Waals surface area (Å²) in [7, 11) is 2.43. The number of halogens is 2. The zero-order chi connectivity index (χ0) is 15.5. The lowest BCUT2D eigenvalue weighted by Crippen LogP contribution is -2.12. The van der Waals surface area contributed by atoms with E-state index in [1.165, 1.54) is 13.2 Å². The maximum Gasteiger partial charge on any atom is 0.342 e. The Morgan fingerprint density at radius 1 is 1.35 bits per heavy atom. The molecule has 0 radical (unpaired) electrons. The molecule has 8 heteroatoms. The summed E-state index contributed by atoms with van der Waals surface area (Å²) in [6, 6.07) is 2.39. The van der Waals surface area contributed by atoms with E-state index < -0.39 is 15.0 Å². The number of benzene rings is 1. The molecule has 1 rings (SSSR count). The Morgan fingerprint density at radius 3 is 2.40 bits per heavy atom. The third kappa shape index (κ3) is 4.26. The molecule has 0 unspecified atom stereocenters. The molecule has 0 saturated carbocycles. The molecule has 0 bridgehead atoms. The summed E-state index contributed by atoms with van der Waals surface area (Å²) in [5.41, 5.74) is -0.0834. The predicted octanol–water partition coefficient (Wildman–Crippen LogP) is 3.09. The lowest BCUT2D eigenvalue weighted by Gasteiger charge is -2.13. The molecule has 0 aliphatic carbocycles. The number of methoxy groups -OCH3 is 1. The minimum atomic E-state index is -4.10. The van der Waals surface area contributed by atoms with Crippen molar-refractivity contribution < 1.29 is 22.7 Å². The molecule has 1 aromatic rings. The van der Waals surface area contributed by atoms with E-state index in [1.807, 2.05) is 13.8 Å². The van der Waals surface area contributed by atoms with Crippen LogP contribution in [0.4, 0.5) is 0 Å². The number of carbonyl (C=O) groups excluding carboxylic acids is 1. The van der Waals surface area contributed by atoms with Gasteiger partial charge in [-0.2, -0.15) is 0 Å². The number of hydrogen-bond acceptors (Lipinski definition) is 5. The lowest BCUT2D eigenvalue weighted by molar-refractivity contribution is 0.0455. The van der Waals surface area contributed by atoms with Crippen LogP contribution in [0, 0.1) is 5.92 Å². The largest absolute Gasteiger partial charge is 0.494 e. The summed E-state index contributed by atoms with van der Waals surface area (Å²) in [6.07, 6.45) is 0. The first-order valence-corrected chi connectivity index (χ1v) is 8.34. The van der Waals surface area contributed by atoms with Gasteiger partial charge in [0.15, 0.2) is 5.75 Å². The predicted molar refractivity (Wildman–Crippen MR) is 76.2 cm³/mol. The van der Waals surface area contributed by atoms with Crippen LogP contribution in [-0.4, -0.2) is 28.1 Å². The first kappa shape index (κ1) is 17.1. The average Bonchev–Trinajstić information content (AvgIpc) is 2.33. The normalized spacial score (nSPS) is 11.5. The molecule has 0 aliphatic heterocycles. The molecule has 5 nitrogen and oxygen atoms in total. The number of hydrogen-bond donors (Lipinski definition) is 0. The maximum absolute atomic E-state index is 12.0. The zero-order valence-corrected chi connectivity index (χ0v) is 13.5. The highest BCUT2D eigenvalue weighted by Gasteiger charge is 2.25. The second kappa shape index (κ2) is 6.65. The highest BCUT2D eigenvalue weighted by Crippen LogP contribution is 2.34. The van der Waals surface area contributed by atoms with Gasteiger partial charge in [-0.1, -0.05) is 25.4 Å². The van der Waals surface area contributed by atoms with Crippen LogP contribution in [0.5, 0.6) is 5.75 Å². The summed E-state index contributed by atoms with van der Waals surface area (Å²) in [5, 5.41) is 0.0431. The topological polar surface area (TPSA) is 69.7 Å². The number of carbonyl (C=O) groups is 1. The van der Waals surface area contributed by atoms with Crippen molar-refractivity contribution in [2.24, 2.45) is 5.92 Å². The van der Waals surface area contributed by atoms with Crippen LogP contribution in [0.15, 0.2) is 17.0 Å². The fourth-order valence-corrected chi connectivity index (χ4v) is 2.74. The number of esters is 1. The minimum Gasteiger partial charge on any atom is -0.494 e. The molecule has 0 heterocycles. The van der Waals surface area contributed by atoms with Crippen LogP contribution in [0.2, 0.25) is 5.02 Å². The van der Waals surface area contributed by atoms with Gasteiger partial charge in [0.25, 0.3) is 9.05 Å². The molecule has 0 fully saturated rings. The fourth-order valence-electron chi connectivity index (χ4n) is 1.43. The SMILES string of the molecule is COc1c(C(=O)OCC(C)C)cc(Cl)cc1S(=O)(=O)Cl. The molecule has 1 aromatic carbocycles. The summed E-state index contributed by atoms with van der Waals surface area (Å²) < 4.78 is 33.0. The first-order valence-electron chi connectivity index (χ1n) is 5.66. The third-order valence-electron chi connectivity index (χ3n) is 2.25. The Labute approximate surface area is 127 Å². The monoisotopic (exact) mass is 340 g/mol. The molecule has 112 valence electrons. The molecule has 0 amide bonds. The molecule has 0 saturated heterocycles. The summed E-state index contributed by atoms with van der Waals surface area (Å²) in [6.45, 7) is 3.94. The molecule has 0 aromatic heterocycles. The minimum absolute atomic E-state index is 0.0431. The van der Waals surface area contributed by atoms with Gasteiger partial charge >= 0.3 is 5.97 Å². The Hall–Kier alpha value is -0.980. The van der Waals surface area contributed by atoms with Gasteiger partial charge in [-0.05, 0) is 18.1 Å². The van der Waals surface area contributed by atoms with Gasteiger partial charge in [0, 0.05) is 15.7 Å². The van der Waals surface area contributed by atoms with Gasteiger partial charge < -0.3 is 9.47 Å². The van der Waals surface area contributed by atoms with E-state index in [2.05, 4.69) is 0 Å². The lowest BCUT2D eigenvalue weighted by atomic mass is 10.2. The smallest absolute Gasteiger partial charge is 0.342 e. The van der Waals surface area contributed by atoms with E-state index in [1.54, 1.807) is 0 Å². The fraction of sp³-hybridized carbons (Fsp3) is 0.417. The van der Waals surface area contributed by atoms with E-state index in [0.717, 1.165) is 6.07 Å². The first-order chi connectivity index (χ1) is 9.16. The Kier molecular flexibility index (Phi) is 5.68. The third-order valence-corrected chi connectivity index (χ3v) is 3.80. The van der Waals surface area contributed by atoms with Crippen molar-refractivity contribution in [2.75, 3.05) is 13.7 Å². The van der Waals surface area contributed by atoms with Crippen LogP contribution >= 0.6 is 22.3 Å². The van der Waals surface area contributed by atoms with Crippen molar-refractivity contribution in [3.8, 4) is 5.75 Å². The van der Waals surface area contributed by atoms with Crippen LogP contribution in [0.25, 0.3) is 0 Å². The summed E-state index contributed by atoms with van der Waals surface area (Å²) in [4.78, 5) is 11.6. The summed E-state index contributed by atoms with van der Waals surface area (Å²) in [5.74, 6) is -0.766. The van der Waals surface area contributed by atoms with E-state index in [-0.39, 0.29) is 33.8 Å². The van der Waals surface area contributed by atoms with Crippen LogP contribution in [0.1, 0.15) is 24.2 Å². The van der Waals surface area contributed by atoms with E-state index in [4.69, 9.17) is 31.8 Å². The number of rotatable bonds is 5. The molecule has 0 aliphatic rings. The van der Waals surface area contributed by atoms with Crippen molar-refractivity contribution >= 4 is 37.3 Å². The van der Waals surface area contributed by atoms with Gasteiger partial charge in [0.1, 0.15) is 10.5 Å². The van der Waals surface area contributed by atoms with Gasteiger partial charge in [-0.3, -0.25) is 0 Å². The van der Waals surface area contributed by atoms with Crippen molar-refractivity contribution in [1.29, 1.82) is 0 Å². The standard InChI is InChI=1S/C12H14Cl2O5S/c1-7(2)6-19-12(15)9-4-8(13)5-10(11(9)18-3)20(14,16)17/h4-5,7H,6H2,1-3H3. The maximum atomic E-state index is 12.0. The van der Waals surface area contributed by atoms with Crippen molar-refractivity contribution in [3.63, 3.8) is 0 Å². The van der Waals surface area contributed by atoms with E-state index in [0.29, 0.717) is 0 Å². The van der Waals surface area contributed by atoms with Crippen molar-refractivity contribution in [1.82, 2.24) is 0 Å². The Bertz CT molecular complexity index is 611. The van der Waals surface area contributed by atoms with Gasteiger partial charge in [0.05, 0.1) is 13.7 Å². The van der Waals surface area contributed by atoms with Crippen LogP contribution in [0.3, 0.4) is 0 Å². The van der Waals surface area contributed by atoms with Gasteiger partial charge in [-0.25, -0.2) is 13.2 Å². The van der Waals surface area contributed by atoms with Crippen LogP contribution in [-0.2, 0) is 13.8 Å². The zero-order valence-electron chi connectivity index (χ0n) is 11.1. The van der Waals surface area contributed by atoms with Crippen LogP contribution < -0.4 is 4.74 Å². The molecule has 20 heavy (non-hydrogen) atoms. The second-order valence-corrected chi connectivity index (χ2v) is 7.39. The highest BCUT2D eigenvalue weighted by molar-refractivity contribution is 8.13. The molecule has 0 atom stereocenters. The molecule has 0 spiro atoms. The molecular weight excluding hydrogens is 327 g/mol. The Balaban J connectivity index is 3.33. The molecule has 0 N–H and O–H groups in total. The van der Waals surface area contributed by atoms with Gasteiger partial charge in [0.2, 0.25) is 0 Å². The van der Waals surface area contributed by atoms with E-state index >= 15 is 0 Å². The van der Waals surface area contributed by atoms with Crippen molar-refractivity contribution in [3.05, 3.63) is 22.7 Å². The average molecular weight is 341 g/mol. The highest BCUT2D eigenvalue weighted by atomic mass is 35.7. The quantitative estimate of drug-likeness (QED) is 0.608. The molecular formula is C12H14Cl2O5S. The Morgan fingerprint density at radius 2 is 1.95 bits per heavy atom.